The summed E-state index contributed by atoms with van der Waals surface area (Å²) in [5.74, 6) is 2.85. The fraction of sp³-hybridized carbons (Fsp3) is 0.293. The van der Waals surface area contributed by atoms with Crippen LogP contribution in [0.2, 0.25) is 0 Å². The molecule has 0 saturated heterocycles. The van der Waals surface area contributed by atoms with Gasteiger partial charge in [-0.1, -0.05) is 112 Å². The third-order valence-corrected chi connectivity index (χ3v) is 10.6. The molecule has 7 heteroatoms. The maximum absolute atomic E-state index is 5.50. The number of amidine groups is 1. The van der Waals surface area contributed by atoms with Crippen LogP contribution in [0, 0.1) is 5.41 Å². The minimum absolute atomic E-state index is 0.0198. The monoisotopic (exact) mass is 633 g/mol. The zero-order valence-electron chi connectivity index (χ0n) is 28.3. The molecule has 1 aliphatic carbocycles. The summed E-state index contributed by atoms with van der Waals surface area (Å²) in [6.07, 6.45) is 25.4. The summed E-state index contributed by atoms with van der Waals surface area (Å²) in [5.41, 5.74) is 8.51. The molecule has 5 aliphatic rings. The number of likely N-dealkylation sites (N-methyl/N-ethyl adjacent to an activating group) is 1. The number of anilines is 3. The van der Waals surface area contributed by atoms with E-state index in [2.05, 4.69) is 151 Å². The van der Waals surface area contributed by atoms with Crippen LogP contribution in [0.3, 0.4) is 0 Å². The first-order valence-electron chi connectivity index (χ1n) is 17.4. The Morgan fingerprint density at radius 3 is 2.38 bits per heavy atom. The lowest BCUT2D eigenvalue weighted by Gasteiger charge is -2.52. The van der Waals surface area contributed by atoms with Crippen LogP contribution in [0.1, 0.15) is 57.6 Å². The minimum atomic E-state index is -0.259. The summed E-state index contributed by atoms with van der Waals surface area (Å²) in [5, 5.41) is 7.84. The topological polar surface area (TPSA) is 51.1 Å². The number of fused-ring (bicyclic) bond motifs is 7. The molecule has 0 N–H and O–H groups in total. The third-order valence-electron chi connectivity index (χ3n) is 10.6. The van der Waals surface area contributed by atoms with Crippen LogP contribution < -0.4 is 14.8 Å². The van der Waals surface area contributed by atoms with Gasteiger partial charge in [0.05, 0.1) is 11.4 Å². The van der Waals surface area contributed by atoms with Crippen LogP contribution in [-0.4, -0.2) is 46.6 Å². The van der Waals surface area contributed by atoms with Crippen LogP contribution >= 0.6 is 0 Å². The van der Waals surface area contributed by atoms with Crippen LogP contribution in [0.15, 0.2) is 138 Å². The summed E-state index contributed by atoms with van der Waals surface area (Å²) in [4.78, 5) is 17.0. The summed E-state index contributed by atoms with van der Waals surface area (Å²) in [6.45, 7) is 7.66. The van der Waals surface area contributed by atoms with Gasteiger partial charge < -0.3 is 9.80 Å². The lowest BCUT2D eigenvalue weighted by atomic mass is 9.64. The smallest absolute Gasteiger partial charge is 0.178 e. The molecule has 0 amide bonds. The van der Waals surface area contributed by atoms with Gasteiger partial charge in [-0.05, 0) is 43.4 Å². The number of allylic oxidation sites excluding steroid dienone is 7. The van der Waals surface area contributed by atoms with Crippen molar-refractivity contribution in [3.8, 4) is 0 Å². The van der Waals surface area contributed by atoms with Crippen molar-refractivity contribution in [3.63, 3.8) is 0 Å². The van der Waals surface area contributed by atoms with Crippen LogP contribution in [-0.2, 0) is 0 Å². The van der Waals surface area contributed by atoms with Gasteiger partial charge in [0.1, 0.15) is 12.3 Å². The number of hydrogen-bond donors (Lipinski definition) is 0. The van der Waals surface area contributed by atoms with Gasteiger partial charge >= 0.3 is 0 Å². The van der Waals surface area contributed by atoms with Crippen molar-refractivity contribution in [2.24, 2.45) is 10.5 Å². The third kappa shape index (κ3) is 4.36. The normalized spacial score (nSPS) is 23.5. The lowest BCUT2D eigenvalue weighted by Crippen LogP contribution is -2.57. The molecule has 3 aromatic rings. The van der Waals surface area contributed by atoms with Crippen LogP contribution in [0.5, 0.6) is 0 Å². The van der Waals surface area contributed by atoms with Crippen molar-refractivity contribution < 1.29 is 0 Å². The molecule has 7 nitrogen and oxygen atoms in total. The molecule has 0 fully saturated rings. The molecule has 5 heterocycles. The maximum atomic E-state index is 5.50. The van der Waals surface area contributed by atoms with Gasteiger partial charge in [-0.25, -0.2) is 15.0 Å². The van der Waals surface area contributed by atoms with Gasteiger partial charge in [0.2, 0.25) is 0 Å². The SMILES string of the molecule is CC/C=C\C=C/CN1C(c2ccccc2)=NN2c3ccccc3/C(=C3/C4=C(C=CCC=C4)N4c5nccnc5N(C)C34)C(CC)(CC)C12. The van der Waals surface area contributed by atoms with E-state index >= 15 is 0 Å². The Bertz CT molecular complexity index is 1940. The molecule has 1 aromatic heterocycles. The summed E-state index contributed by atoms with van der Waals surface area (Å²) < 4.78 is 0. The molecule has 8 rings (SSSR count). The molecule has 48 heavy (non-hydrogen) atoms. The molecule has 4 aliphatic heterocycles. The molecule has 2 atom stereocenters. The second kappa shape index (κ2) is 12.1. The van der Waals surface area contributed by atoms with E-state index in [-0.39, 0.29) is 17.7 Å². The van der Waals surface area contributed by atoms with Gasteiger partial charge in [0, 0.05) is 53.7 Å². The largest absolute Gasteiger partial charge is 0.332 e. The van der Waals surface area contributed by atoms with Crippen molar-refractivity contribution in [3.05, 3.63) is 144 Å². The molecule has 242 valence electrons. The molecule has 0 radical (unpaired) electrons. The Hall–Kier alpha value is -5.17. The standard InChI is InChI=1S/C41H43N7/c1-5-8-9-10-19-28-46-36(29-20-13-11-14-21-29)44-48-33-25-18-17-23-31(33)35(41(6-2,7-3)40(46)48)34-30-22-15-12-16-24-32(30)47-38-37(42-26-27-43-38)45(4)39(34)47/h8-11,13-27,39-40H,5-7,12,28H2,1-4H3/b9-8-,19-10-,35-34+. The average molecular weight is 634 g/mol. The highest BCUT2D eigenvalue weighted by atomic mass is 15.6. The number of benzene rings is 2. The lowest BCUT2D eigenvalue weighted by molar-refractivity contribution is 0.173. The number of aromatic nitrogens is 2. The molecule has 0 saturated carbocycles. The molecule has 2 aromatic carbocycles. The maximum Gasteiger partial charge on any atom is 0.178 e. The Kier molecular flexibility index (Phi) is 7.63. The van der Waals surface area contributed by atoms with Gasteiger partial charge in [0.15, 0.2) is 17.5 Å². The van der Waals surface area contributed by atoms with E-state index in [1.165, 1.54) is 28.0 Å². The van der Waals surface area contributed by atoms with Crippen LogP contribution in [0.4, 0.5) is 17.3 Å². The molecule has 2 unspecified atom stereocenters. The van der Waals surface area contributed by atoms with E-state index in [0.29, 0.717) is 0 Å². The Labute approximate surface area is 284 Å². The number of hydrazone groups is 1. The van der Waals surface area contributed by atoms with Gasteiger partial charge in [-0.3, -0.25) is 4.90 Å². The molecular formula is C41H43N7. The van der Waals surface area contributed by atoms with Crippen molar-refractivity contribution >= 4 is 28.7 Å². The van der Waals surface area contributed by atoms with E-state index in [0.717, 1.165) is 61.0 Å². The number of para-hydroxylation sites is 1. The van der Waals surface area contributed by atoms with E-state index in [9.17, 15) is 0 Å². The number of nitrogens with zero attached hydrogens (tertiary/aromatic N) is 7. The first-order valence-corrected chi connectivity index (χ1v) is 17.4. The van der Waals surface area contributed by atoms with Gasteiger partial charge in [-0.2, -0.15) is 5.10 Å². The zero-order chi connectivity index (χ0) is 32.8. The fourth-order valence-electron chi connectivity index (χ4n) is 8.48. The predicted molar refractivity (Wildman–Crippen MR) is 198 cm³/mol. The highest BCUT2D eigenvalue weighted by Gasteiger charge is 2.58. The summed E-state index contributed by atoms with van der Waals surface area (Å²) >= 11 is 0. The minimum Gasteiger partial charge on any atom is -0.332 e. The second-order valence-electron chi connectivity index (χ2n) is 13.0. The Morgan fingerprint density at radius 1 is 0.854 bits per heavy atom. The van der Waals surface area contributed by atoms with E-state index in [4.69, 9.17) is 15.1 Å². The van der Waals surface area contributed by atoms with Crippen molar-refractivity contribution in [1.82, 2.24) is 14.9 Å². The van der Waals surface area contributed by atoms with Crippen molar-refractivity contribution in [2.75, 3.05) is 28.4 Å². The van der Waals surface area contributed by atoms with E-state index in [1.807, 2.05) is 6.20 Å². The summed E-state index contributed by atoms with van der Waals surface area (Å²) in [6, 6.07) is 19.6. The number of hydrogen-bond acceptors (Lipinski definition) is 7. The Balaban J connectivity index is 1.41. The first kappa shape index (κ1) is 30.2. The Morgan fingerprint density at radius 2 is 1.58 bits per heavy atom. The molecule has 0 spiro atoms. The fourth-order valence-corrected chi connectivity index (χ4v) is 8.48. The number of rotatable bonds is 7. The molecule has 0 bridgehead atoms. The van der Waals surface area contributed by atoms with Gasteiger partial charge in [0.25, 0.3) is 0 Å². The zero-order valence-corrected chi connectivity index (χ0v) is 28.3. The summed E-state index contributed by atoms with van der Waals surface area (Å²) in [7, 11) is 2.17. The van der Waals surface area contributed by atoms with Crippen molar-refractivity contribution in [1.29, 1.82) is 0 Å². The van der Waals surface area contributed by atoms with E-state index in [1.54, 1.807) is 6.20 Å². The highest BCUT2D eigenvalue weighted by molar-refractivity contribution is 6.03. The molecular weight excluding hydrogens is 591 g/mol. The highest BCUT2D eigenvalue weighted by Crippen LogP contribution is 2.61. The second-order valence-corrected chi connectivity index (χ2v) is 13.0. The van der Waals surface area contributed by atoms with Gasteiger partial charge in [-0.15, -0.1) is 0 Å². The van der Waals surface area contributed by atoms with Crippen molar-refractivity contribution in [2.45, 2.75) is 58.8 Å². The first-order chi connectivity index (χ1) is 23.6. The quantitative estimate of drug-likeness (QED) is 0.244. The average Bonchev–Trinajstić information content (AvgIpc) is 3.69. The predicted octanol–water partition coefficient (Wildman–Crippen LogP) is 8.45. The van der Waals surface area contributed by atoms with Crippen LogP contribution in [0.25, 0.3) is 5.57 Å². The van der Waals surface area contributed by atoms with E-state index < -0.39 is 0 Å².